The molecule has 4 aliphatic carbocycles. The van der Waals surface area contributed by atoms with Crippen molar-refractivity contribution >= 4 is 17.2 Å². The van der Waals surface area contributed by atoms with Gasteiger partial charge in [0.15, 0.2) is 12.0 Å². The number of Topliss-reactive ketones (excluding diaryl/α,β-unsaturated/α-hetero) is 1. The van der Waals surface area contributed by atoms with Gasteiger partial charge in [0.05, 0.1) is 11.4 Å². The number of ketones is 1. The predicted molar refractivity (Wildman–Crippen MR) is 117 cm³/mol. The number of hydrogen-bond acceptors (Lipinski definition) is 6. The van der Waals surface area contributed by atoms with Gasteiger partial charge in [0.1, 0.15) is 13.2 Å². The van der Waals surface area contributed by atoms with Crippen LogP contribution in [0.1, 0.15) is 65.2 Å². The van der Waals surface area contributed by atoms with Gasteiger partial charge in [-0.25, -0.2) is 4.39 Å². The van der Waals surface area contributed by atoms with Crippen molar-refractivity contribution in [3.05, 3.63) is 0 Å². The normalized spacial score (nSPS) is 49.6. The molecule has 0 bridgehead atoms. The summed E-state index contributed by atoms with van der Waals surface area (Å²) in [4.78, 5) is 23.8. The Hall–Kier alpha value is -1.50. The molecule has 1 aliphatic heterocycles. The molecule has 0 amide bonds. The minimum absolute atomic E-state index is 0.0764. The highest BCUT2D eigenvalue weighted by atomic mass is 19.1. The number of halogens is 1. The zero-order valence-corrected chi connectivity index (χ0v) is 19.0. The summed E-state index contributed by atoms with van der Waals surface area (Å²) in [5, 5.41) is 12.4. The standard InChI is InChI=1S/C24H36FN3O3/c1-23-7-4-14(27-31-15-6-9-26-13-15)10-19(23)21(28-30-3)11-16-17(23)5-8-24(2)18(16)12-20(25)22(24)29/h15-20,26H,4-13H2,1-3H3/b27-14-,28-21+. The molecule has 0 aromatic rings. The number of rotatable bonds is 3. The Morgan fingerprint density at radius 1 is 1.13 bits per heavy atom. The van der Waals surface area contributed by atoms with Crippen LogP contribution in [-0.2, 0) is 14.5 Å². The molecule has 7 heteroatoms. The number of nitrogens with zero attached hydrogens (tertiary/aromatic N) is 2. The molecule has 5 rings (SSSR count). The molecule has 0 radical (unpaired) electrons. The van der Waals surface area contributed by atoms with Crippen molar-refractivity contribution in [1.82, 2.24) is 5.32 Å². The molecule has 5 aliphatic rings. The van der Waals surface area contributed by atoms with Crippen molar-refractivity contribution in [2.75, 3.05) is 20.2 Å². The second kappa shape index (κ2) is 7.82. The number of hydrogen-bond donors (Lipinski definition) is 1. The Morgan fingerprint density at radius 2 is 1.97 bits per heavy atom. The van der Waals surface area contributed by atoms with E-state index >= 15 is 0 Å². The predicted octanol–water partition coefficient (Wildman–Crippen LogP) is 3.89. The van der Waals surface area contributed by atoms with Crippen molar-refractivity contribution in [1.29, 1.82) is 0 Å². The molecule has 4 saturated carbocycles. The van der Waals surface area contributed by atoms with Gasteiger partial charge in [0.25, 0.3) is 0 Å². The summed E-state index contributed by atoms with van der Waals surface area (Å²) in [5.74, 6) is 1.02. The van der Waals surface area contributed by atoms with E-state index in [4.69, 9.17) is 9.68 Å². The third-order valence-electron chi connectivity index (χ3n) is 9.57. The molecule has 6 nitrogen and oxygen atoms in total. The number of carbonyl (C=O) groups excluding carboxylic acids is 1. The van der Waals surface area contributed by atoms with Gasteiger partial charge in [-0.15, -0.1) is 0 Å². The maximum Gasteiger partial charge on any atom is 0.173 e. The smallest absolute Gasteiger partial charge is 0.173 e. The zero-order valence-electron chi connectivity index (χ0n) is 19.0. The molecule has 0 aromatic heterocycles. The lowest BCUT2D eigenvalue weighted by Gasteiger charge is -2.59. The molecule has 0 spiro atoms. The van der Waals surface area contributed by atoms with E-state index in [1.807, 2.05) is 6.92 Å². The molecular weight excluding hydrogens is 397 g/mol. The second-order valence-corrected chi connectivity index (χ2v) is 11.0. The first kappa shape index (κ1) is 21.4. The fourth-order valence-corrected chi connectivity index (χ4v) is 7.79. The minimum atomic E-state index is -1.30. The van der Waals surface area contributed by atoms with Crippen molar-refractivity contribution in [3.63, 3.8) is 0 Å². The lowest BCUT2D eigenvalue weighted by Crippen LogP contribution is -2.56. The van der Waals surface area contributed by atoms with Crippen molar-refractivity contribution in [2.24, 2.45) is 44.8 Å². The van der Waals surface area contributed by atoms with Gasteiger partial charge in [-0.3, -0.25) is 4.79 Å². The van der Waals surface area contributed by atoms with E-state index in [-0.39, 0.29) is 29.1 Å². The fourth-order valence-electron chi connectivity index (χ4n) is 7.79. The average Bonchev–Trinajstić information content (AvgIpc) is 3.35. The van der Waals surface area contributed by atoms with Gasteiger partial charge in [0.2, 0.25) is 0 Å². The van der Waals surface area contributed by atoms with Crippen LogP contribution in [0, 0.1) is 34.5 Å². The van der Waals surface area contributed by atoms with Crippen LogP contribution >= 0.6 is 0 Å². The summed E-state index contributed by atoms with van der Waals surface area (Å²) in [5.41, 5.74) is 1.76. The summed E-state index contributed by atoms with van der Waals surface area (Å²) in [6, 6.07) is 0. The largest absolute Gasteiger partial charge is 0.399 e. The Morgan fingerprint density at radius 3 is 2.71 bits per heavy atom. The lowest BCUT2D eigenvalue weighted by atomic mass is 9.45. The maximum atomic E-state index is 14.5. The van der Waals surface area contributed by atoms with Crippen LogP contribution in [0.25, 0.3) is 0 Å². The molecule has 31 heavy (non-hydrogen) atoms. The Balaban J connectivity index is 1.41. The van der Waals surface area contributed by atoms with Gasteiger partial charge in [-0.1, -0.05) is 24.2 Å². The molecule has 1 saturated heterocycles. The molecule has 8 unspecified atom stereocenters. The monoisotopic (exact) mass is 433 g/mol. The van der Waals surface area contributed by atoms with E-state index in [9.17, 15) is 9.18 Å². The van der Waals surface area contributed by atoms with Gasteiger partial charge in [-0.05, 0) is 74.7 Å². The van der Waals surface area contributed by atoms with E-state index in [1.165, 1.54) is 0 Å². The topological polar surface area (TPSA) is 72.3 Å². The first-order chi connectivity index (χ1) is 14.9. The molecule has 5 fully saturated rings. The van der Waals surface area contributed by atoms with Gasteiger partial charge in [-0.2, -0.15) is 0 Å². The SMILES string of the molecule is CO/N=C1\CC2C3CC(F)C(=O)C3(C)CCC2C2(C)CC/C(=N/OC3CCNC3)CC12. The molecular formula is C24H36FN3O3. The van der Waals surface area contributed by atoms with Crippen molar-refractivity contribution in [2.45, 2.75) is 77.5 Å². The van der Waals surface area contributed by atoms with Gasteiger partial charge < -0.3 is 15.0 Å². The first-order valence-electron chi connectivity index (χ1n) is 12.1. The average molecular weight is 434 g/mol. The Kier molecular flexibility index (Phi) is 5.39. The van der Waals surface area contributed by atoms with E-state index in [1.54, 1.807) is 7.11 Å². The summed E-state index contributed by atoms with van der Waals surface area (Å²) < 4.78 is 14.5. The summed E-state index contributed by atoms with van der Waals surface area (Å²) in [6.45, 7) is 6.27. The summed E-state index contributed by atoms with van der Waals surface area (Å²) in [7, 11) is 1.60. The third kappa shape index (κ3) is 3.33. The summed E-state index contributed by atoms with van der Waals surface area (Å²) in [6.07, 6.45) is 5.71. The van der Waals surface area contributed by atoms with Gasteiger partial charge >= 0.3 is 0 Å². The van der Waals surface area contributed by atoms with Crippen LogP contribution < -0.4 is 5.32 Å². The molecule has 0 aromatic carbocycles. The van der Waals surface area contributed by atoms with Crippen molar-refractivity contribution < 1.29 is 18.9 Å². The van der Waals surface area contributed by atoms with Crippen LogP contribution in [0.5, 0.6) is 0 Å². The third-order valence-corrected chi connectivity index (χ3v) is 9.57. The zero-order chi connectivity index (χ0) is 21.8. The number of alkyl halides is 1. The van der Waals surface area contributed by atoms with Crippen LogP contribution in [0.4, 0.5) is 4.39 Å². The number of oxime groups is 2. The first-order valence-corrected chi connectivity index (χ1v) is 12.1. The highest BCUT2D eigenvalue weighted by molar-refractivity contribution is 5.96. The Labute approximate surface area is 184 Å². The number of fused-ring (bicyclic) bond motifs is 5. The second-order valence-electron chi connectivity index (χ2n) is 11.0. The van der Waals surface area contributed by atoms with E-state index in [0.717, 1.165) is 69.5 Å². The fraction of sp³-hybridized carbons (Fsp3) is 0.875. The van der Waals surface area contributed by atoms with E-state index in [0.29, 0.717) is 18.3 Å². The lowest BCUT2D eigenvalue weighted by molar-refractivity contribution is -0.135. The number of nitrogens with one attached hydrogen (secondary N) is 1. The van der Waals surface area contributed by atoms with Crippen LogP contribution in [-0.4, -0.2) is 49.7 Å². The van der Waals surface area contributed by atoms with E-state index in [2.05, 4.69) is 22.6 Å². The van der Waals surface area contributed by atoms with Crippen LogP contribution in [0.3, 0.4) is 0 Å². The van der Waals surface area contributed by atoms with Crippen LogP contribution in [0.15, 0.2) is 10.3 Å². The number of carbonyl (C=O) groups is 1. The van der Waals surface area contributed by atoms with E-state index < -0.39 is 11.6 Å². The minimum Gasteiger partial charge on any atom is -0.399 e. The molecule has 172 valence electrons. The van der Waals surface area contributed by atoms with Gasteiger partial charge in [0, 0.05) is 24.3 Å². The highest BCUT2D eigenvalue weighted by Crippen LogP contribution is 2.65. The maximum absolute atomic E-state index is 14.5. The van der Waals surface area contributed by atoms with Crippen LogP contribution in [0.2, 0.25) is 0 Å². The Bertz CT molecular complexity index is 795. The van der Waals surface area contributed by atoms with Crippen molar-refractivity contribution in [3.8, 4) is 0 Å². The summed E-state index contributed by atoms with van der Waals surface area (Å²) >= 11 is 0. The molecule has 1 heterocycles. The molecule has 1 N–H and O–H groups in total. The highest BCUT2D eigenvalue weighted by Gasteiger charge is 2.63. The molecule has 8 atom stereocenters. The quantitative estimate of drug-likeness (QED) is 0.686.